The third-order valence-electron chi connectivity index (χ3n) is 3.27. The van der Waals surface area contributed by atoms with E-state index in [0.29, 0.717) is 29.5 Å². The number of nitro groups is 1. The molecule has 1 aromatic carbocycles. The molecule has 0 saturated heterocycles. The van der Waals surface area contributed by atoms with E-state index in [1.165, 1.54) is 6.07 Å². The zero-order valence-electron chi connectivity index (χ0n) is 8.78. The molecule has 1 aliphatic carbocycles. The van der Waals surface area contributed by atoms with Gasteiger partial charge in [-0.25, -0.2) is 0 Å². The van der Waals surface area contributed by atoms with Gasteiger partial charge in [-0.2, -0.15) is 0 Å². The summed E-state index contributed by atoms with van der Waals surface area (Å²) >= 11 is 0. The first-order chi connectivity index (χ1) is 8.09. The molecule has 6 heteroatoms. The molecule has 2 amide bonds. The van der Waals surface area contributed by atoms with E-state index in [1.54, 1.807) is 0 Å². The molecule has 2 aliphatic rings. The molecule has 17 heavy (non-hydrogen) atoms. The quantitative estimate of drug-likeness (QED) is 0.443. The van der Waals surface area contributed by atoms with Crippen molar-refractivity contribution >= 4 is 17.5 Å². The van der Waals surface area contributed by atoms with Gasteiger partial charge in [-0.05, 0) is 24.8 Å². The first-order valence-electron chi connectivity index (χ1n) is 5.28. The molecule has 1 heterocycles. The summed E-state index contributed by atoms with van der Waals surface area (Å²) in [6.07, 6.45) is 2.01. The molecule has 1 aromatic rings. The molecule has 0 bridgehead atoms. The van der Waals surface area contributed by atoms with Crippen molar-refractivity contribution in [1.29, 1.82) is 0 Å². The van der Waals surface area contributed by atoms with Crippen LogP contribution in [0.25, 0.3) is 0 Å². The Hall–Kier alpha value is -2.24. The fourth-order valence-electron chi connectivity index (χ4n) is 2.60. The standard InChI is InChI=1S/C11H8N2O4/c14-10-7-4-8(13(16)17)5-2-1-3-6(5)9(7)11(15)12-10/h4H,1-3H2,(H,12,14,15). The number of carbonyl (C=O) groups is 2. The van der Waals surface area contributed by atoms with Crippen molar-refractivity contribution in [2.75, 3.05) is 0 Å². The average Bonchev–Trinajstić information content (AvgIpc) is 2.82. The Bertz CT molecular complexity index is 592. The number of imide groups is 1. The molecule has 0 spiro atoms. The lowest BCUT2D eigenvalue weighted by atomic mass is 9.97. The highest BCUT2D eigenvalue weighted by Gasteiger charge is 2.36. The largest absolute Gasteiger partial charge is 0.288 e. The highest BCUT2D eigenvalue weighted by Crippen LogP contribution is 2.36. The zero-order valence-corrected chi connectivity index (χ0v) is 8.78. The maximum atomic E-state index is 11.6. The molecular formula is C11H8N2O4. The van der Waals surface area contributed by atoms with Gasteiger partial charge in [0.25, 0.3) is 17.5 Å². The summed E-state index contributed by atoms with van der Waals surface area (Å²) in [7, 11) is 0. The number of hydrogen-bond donors (Lipinski definition) is 1. The highest BCUT2D eigenvalue weighted by atomic mass is 16.6. The van der Waals surface area contributed by atoms with Crippen LogP contribution >= 0.6 is 0 Å². The summed E-state index contributed by atoms with van der Waals surface area (Å²) in [5.41, 5.74) is 1.73. The van der Waals surface area contributed by atoms with Crippen LogP contribution in [0.3, 0.4) is 0 Å². The van der Waals surface area contributed by atoms with E-state index >= 15 is 0 Å². The van der Waals surface area contributed by atoms with Crippen LogP contribution in [-0.4, -0.2) is 16.7 Å². The summed E-state index contributed by atoms with van der Waals surface area (Å²) in [5.74, 6) is -0.971. The second-order valence-corrected chi connectivity index (χ2v) is 4.17. The summed E-state index contributed by atoms with van der Waals surface area (Å²) in [5, 5.41) is 13.1. The van der Waals surface area contributed by atoms with Crippen LogP contribution in [0.15, 0.2) is 6.07 Å². The molecule has 0 aromatic heterocycles. The van der Waals surface area contributed by atoms with E-state index in [2.05, 4.69) is 5.32 Å². The third-order valence-corrected chi connectivity index (χ3v) is 3.27. The monoisotopic (exact) mass is 232 g/mol. The Balaban J connectivity index is 2.36. The molecule has 3 rings (SSSR count). The number of fused-ring (bicyclic) bond motifs is 3. The zero-order chi connectivity index (χ0) is 12.2. The van der Waals surface area contributed by atoms with Gasteiger partial charge < -0.3 is 0 Å². The molecule has 0 unspecified atom stereocenters. The second kappa shape index (κ2) is 3.13. The summed E-state index contributed by atoms with van der Waals surface area (Å²) < 4.78 is 0. The first-order valence-corrected chi connectivity index (χ1v) is 5.28. The average molecular weight is 232 g/mol. The Morgan fingerprint density at radius 3 is 2.59 bits per heavy atom. The van der Waals surface area contributed by atoms with E-state index in [1.807, 2.05) is 0 Å². The minimum absolute atomic E-state index is 0.0406. The number of benzene rings is 1. The molecule has 1 N–H and O–H groups in total. The smallest absolute Gasteiger partial charge is 0.273 e. The van der Waals surface area contributed by atoms with E-state index in [-0.39, 0.29) is 11.3 Å². The first kappa shape index (κ1) is 9.95. The predicted molar refractivity (Wildman–Crippen MR) is 56.9 cm³/mol. The number of amides is 2. The Morgan fingerprint density at radius 2 is 1.88 bits per heavy atom. The molecule has 0 radical (unpaired) electrons. The van der Waals surface area contributed by atoms with Crippen molar-refractivity contribution in [3.8, 4) is 0 Å². The fourth-order valence-corrected chi connectivity index (χ4v) is 2.60. The second-order valence-electron chi connectivity index (χ2n) is 4.17. The summed E-state index contributed by atoms with van der Waals surface area (Å²) in [6, 6.07) is 1.22. The van der Waals surface area contributed by atoms with Crippen molar-refractivity contribution in [2.24, 2.45) is 0 Å². The topological polar surface area (TPSA) is 89.3 Å². The van der Waals surface area contributed by atoms with Gasteiger partial charge in [0.1, 0.15) is 0 Å². The van der Waals surface area contributed by atoms with Crippen molar-refractivity contribution in [3.05, 3.63) is 38.4 Å². The van der Waals surface area contributed by atoms with Crippen LogP contribution in [0.2, 0.25) is 0 Å². The van der Waals surface area contributed by atoms with Gasteiger partial charge in [-0.1, -0.05) is 0 Å². The minimum Gasteiger partial charge on any atom is -0.288 e. The Labute approximate surface area is 95.8 Å². The molecular weight excluding hydrogens is 224 g/mol. The van der Waals surface area contributed by atoms with Gasteiger partial charge >= 0.3 is 0 Å². The molecule has 6 nitrogen and oxygen atoms in total. The van der Waals surface area contributed by atoms with Crippen molar-refractivity contribution < 1.29 is 14.5 Å². The Morgan fingerprint density at radius 1 is 1.18 bits per heavy atom. The minimum atomic E-state index is -0.539. The summed E-state index contributed by atoms with van der Waals surface area (Å²) in [4.78, 5) is 33.6. The number of nitrogens with zero attached hydrogens (tertiary/aromatic N) is 1. The van der Waals surface area contributed by atoms with Crippen LogP contribution in [0.5, 0.6) is 0 Å². The number of hydrogen-bond acceptors (Lipinski definition) is 4. The molecule has 86 valence electrons. The maximum Gasteiger partial charge on any atom is 0.273 e. The number of nitrogens with one attached hydrogen (secondary N) is 1. The number of rotatable bonds is 1. The lowest BCUT2D eigenvalue weighted by molar-refractivity contribution is -0.385. The van der Waals surface area contributed by atoms with Crippen LogP contribution in [0, 0.1) is 10.1 Å². The molecule has 0 saturated carbocycles. The van der Waals surface area contributed by atoms with Gasteiger partial charge in [0.15, 0.2) is 0 Å². The van der Waals surface area contributed by atoms with Crippen molar-refractivity contribution in [1.82, 2.24) is 5.32 Å². The van der Waals surface area contributed by atoms with Gasteiger partial charge in [0, 0.05) is 11.6 Å². The van der Waals surface area contributed by atoms with E-state index in [9.17, 15) is 19.7 Å². The van der Waals surface area contributed by atoms with Crippen LogP contribution < -0.4 is 5.32 Å². The molecule has 0 fully saturated rings. The fraction of sp³-hybridized carbons (Fsp3) is 0.273. The van der Waals surface area contributed by atoms with Gasteiger partial charge in [0.05, 0.1) is 16.1 Å². The van der Waals surface area contributed by atoms with E-state index in [0.717, 1.165) is 6.42 Å². The maximum absolute atomic E-state index is 11.6. The van der Waals surface area contributed by atoms with Gasteiger partial charge in [-0.15, -0.1) is 0 Å². The van der Waals surface area contributed by atoms with Gasteiger partial charge in [0.2, 0.25) is 0 Å². The number of carbonyl (C=O) groups excluding carboxylic acids is 2. The normalized spacial score (nSPS) is 16.7. The lowest BCUT2D eigenvalue weighted by Crippen LogP contribution is -2.20. The van der Waals surface area contributed by atoms with Crippen LogP contribution in [0.1, 0.15) is 38.3 Å². The summed E-state index contributed by atoms with van der Waals surface area (Å²) in [6.45, 7) is 0. The SMILES string of the molecule is O=C1NC(=O)c2c1cc([N+](=O)[O-])c1c2CCC1. The van der Waals surface area contributed by atoms with E-state index in [4.69, 9.17) is 0 Å². The van der Waals surface area contributed by atoms with Gasteiger partial charge in [-0.3, -0.25) is 25.0 Å². The molecule has 1 aliphatic heterocycles. The van der Waals surface area contributed by atoms with Crippen molar-refractivity contribution in [2.45, 2.75) is 19.3 Å². The van der Waals surface area contributed by atoms with Crippen LogP contribution in [0.4, 0.5) is 5.69 Å². The number of nitro benzene ring substituents is 1. The van der Waals surface area contributed by atoms with E-state index < -0.39 is 16.7 Å². The predicted octanol–water partition coefficient (Wildman–Crippen LogP) is 0.967. The lowest BCUT2D eigenvalue weighted by Gasteiger charge is -2.04. The Kier molecular flexibility index (Phi) is 1.83. The van der Waals surface area contributed by atoms with Crippen LogP contribution in [-0.2, 0) is 12.8 Å². The van der Waals surface area contributed by atoms with Crippen molar-refractivity contribution in [3.63, 3.8) is 0 Å². The highest BCUT2D eigenvalue weighted by molar-refractivity contribution is 6.22. The molecule has 0 atom stereocenters. The third kappa shape index (κ3) is 1.20.